The van der Waals surface area contributed by atoms with Crippen LogP contribution in [0, 0.1) is 0 Å². The summed E-state index contributed by atoms with van der Waals surface area (Å²) in [7, 11) is 1.78. The van der Waals surface area contributed by atoms with Gasteiger partial charge in [-0.1, -0.05) is 63.2 Å². The molecule has 0 amide bonds. The minimum Gasteiger partial charge on any atom is -0.496 e. The average molecular weight is 330 g/mol. The summed E-state index contributed by atoms with van der Waals surface area (Å²) in [6, 6.07) is 17.8. The molecule has 128 valence electrons. The number of methoxy groups -OCH3 is 1. The maximum Gasteiger partial charge on any atom is 0.127 e. The normalized spacial score (nSPS) is 13.9. The monoisotopic (exact) mass is 330 g/mol. The quantitative estimate of drug-likeness (QED) is 0.535. The molecular weight excluding hydrogens is 304 g/mol. The highest BCUT2D eigenvalue weighted by molar-refractivity contribution is 6.00. The van der Waals surface area contributed by atoms with Crippen molar-refractivity contribution >= 4 is 10.8 Å². The minimum absolute atomic E-state index is 0.0922. The third-order valence-corrected chi connectivity index (χ3v) is 5.42. The molecule has 4 rings (SSSR count). The lowest BCUT2D eigenvalue weighted by Crippen LogP contribution is -2.14. The van der Waals surface area contributed by atoms with E-state index in [9.17, 15) is 0 Å². The highest BCUT2D eigenvalue weighted by atomic mass is 16.5. The Bertz CT molecular complexity index is 944. The number of aryl methyl sites for hydroxylation is 2. The molecule has 0 saturated heterocycles. The second kappa shape index (κ2) is 5.91. The topological polar surface area (TPSA) is 9.23 Å². The standard InChI is InChI=1S/C24H26O/c1-24(2,3)21-15-18-10-7-9-17(18)14-20(21)23-19-11-6-5-8-16(19)12-13-22(23)25-4/h5-6,8,11-15H,7,9-10H2,1-4H3. The predicted octanol–water partition coefficient (Wildman–Crippen LogP) is 6.30. The van der Waals surface area contributed by atoms with Gasteiger partial charge in [0.15, 0.2) is 0 Å². The van der Waals surface area contributed by atoms with Gasteiger partial charge in [-0.3, -0.25) is 0 Å². The van der Waals surface area contributed by atoms with Crippen LogP contribution in [0.25, 0.3) is 21.9 Å². The van der Waals surface area contributed by atoms with E-state index in [1.807, 2.05) is 0 Å². The number of hydrogen-bond acceptors (Lipinski definition) is 1. The lowest BCUT2D eigenvalue weighted by atomic mass is 9.79. The van der Waals surface area contributed by atoms with Crippen LogP contribution < -0.4 is 4.74 Å². The third kappa shape index (κ3) is 2.72. The van der Waals surface area contributed by atoms with Crippen LogP contribution in [0.3, 0.4) is 0 Å². The van der Waals surface area contributed by atoms with Gasteiger partial charge in [-0.25, -0.2) is 0 Å². The van der Waals surface area contributed by atoms with E-state index in [0.717, 1.165) is 5.75 Å². The first kappa shape index (κ1) is 16.2. The second-order valence-corrected chi connectivity index (χ2v) is 8.13. The first-order valence-electron chi connectivity index (χ1n) is 9.21. The highest BCUT2D eigenvalue weighted by Gasteiger charge is 2.25. The van der Waals surface area contributed by atoms with Crippen molar-refractivity contribution in [2.24, 2.45) is 0 Å². The van der Waals surface area contributed by atoms with Crippen molar-refractivity contribution in [1.82, 2.24) is 0 Å². The fraction of sp³-hybridized carbons (Fsp3) is 0.333. The summed E-state index contributed by atoms with van der Waals surface area (Å²) < 4.78 is 5.79. The lowest BCUT2D eigenvalue weighted by molar-refractivity contribution is 0.417. The van der Waals surface area contributed by atoms with Crippen molar-refractivity contribution in [3.8, 4) is 16.9 Å². The van der Waals surface area contributed by atoms with Gasteiger partial charge in [0.05, 0.1) is 7.11 Å². The predicted molar refractivity (Wildman–Crippen MR) is 107 cm³/mol. The highest BCUT2D eigenvalue weighted by Crippen LogP contribution is 2.44. The van der Waals surface area contributed by atoms with E-state index >= 15 is 0 Å². The van der Waals surface area contributed by atoms with Crippen molar-refractivity contribution in [2.45, 2.75) is 45.4 Å². The molecule has 0 aromatic heterocycles. The largest absolute Gasteiger partial charge is 0.496 e. The van der Waals surface area contributed by atoms with Gasteiger partial charge in [0.2, 0.25) is 0 Å². The summed E-state index contributed by atoms with van der Waals surface area (Å²) in [6.07, 6.45) is 3.68. The molecule has 1 nitrogen and oxygen atoms in total. The molecule has 0 radical (unpaired) electrons. The molecule has 0 bridgehead atoms. The van der Waals surface area contributed by atoms with Crippen LogP contribution in [0.4, 0.5) is 0 Å². The van der Waals surface area contributed by atoms with Gasteiger partial charge in [-0.2, -0.15) is 0 Å². The smallest absolute Gasteiger partial charge is 0.127 e. The Balaban J connectivity index is 2.10. The molecule has 1 heteroatoms. The number of ether oxygens (including phenoxy) is 1. The molecule has 0 atom stereocenters. The van der Waals surface area contributed by atoms with Crippen molar-refractivity contribution in [3.05, 3.63) is 65.2 Å². The first-order valence-corrected chi connectivity index (χ1v) is 9.21. The SMILES string of the molecule is COc1ccc2ccccc2c1-c1cc2c(cc1C(C)(C)C)CCC2. The van der Waals surface area contributed by atoms with Gasteiger partial charge in [-0.15, -0.1) is 0 Å². The summed E-state index contributed by atoms with van der Waals surface area (Å²) >= 11 is 0. The molecule has 0 unspecified atom stereocenters. The molecule has 0 aliphatic heterocycles. The zero-order chi connectivity index (χ0) is 17.6. The van der Waals surface area contributed by atoms with Gasteiger partial charge in [0.1, 0.15) is 5.75 Å². The Morgan fingerprint density at radius 2 is 1.60 bits per heavy atom. The van der Waals surface area contributed by atoms with E-state index in [2.05, 4.69) is 69.3 Å². The van der Waals surface area contributed by atoms with E-state index < -0.39 is 0 Å². The first-order chi connectivity index (χ1) is 12.0. The van der Waals surface area contributed by atoms with Gasteiger partial charge in [0, 0.05) is 5.56 Å². The van der Waals surface area contributed by atoms with E-state index in [1.165, 1.54) is 57.9 Å². The number of benzene rings is 3. The summed E-state index contributed by atoms with van der Waals surface area (Å²) in [6.45, 7) is 6.93. The van der Waals surface area contributed by atoms with E-state index in [0.29, 0.717) is 0 Å². The van der Waals surface area contributed by atoms with Gasteiger partial charge < -0.3 is 4.74 Å². The second-order valence-electron chi connectivity index (χ2n) is 8.13. The van der Waals surface area contributed by atoms with Crippen LogP contribution in [0.1, 0.15) is 43.9 Å². The van der Waals surface area contributed by atoms with Crippen LogP contribution in [-0.4, -0.2) is 7.11 Å². The molecule has 0 heterocycles. The van der Waals surface area contributed by atoms with Crippen molar-refractivity contribution in [2.75, 3.05) is 7.11 Å². The average Bonchev–Trinajstić information content (AvgIpc) is 3.06. The van der Waals surface area contributed by atoms with Crippen LogP contribution in [0.2, 0.25) is 0 Å². The van der Waals surface area contributed by atoms with Crippen molar-refractivity contribution in [3.63, 3.8) is 0 Å². The van der Waals surface area contributed by atoms with E-state index in [4.69, 9.17) is 4.74 Å². The lowest BCUT2D eigenvalue weighted by Gasteiger charge is -2.26. The maximum atomic E-state index is 5.79. The van der Waals surface area contributed by atoms with Crippen molar-refractivity contribution in [1.29, 1.82) is 0 Å². The molecule has 0 N–H and O–H groups in total. The molecule has 1 aliphatic carbocycles. The third-order valence-electron chi connectivity index (χ3n) is 5.42. The minimum atomic E-state index is 0.0922. The molecular formula is C24H26O. The van der Waals surface area contributed by atoms with Crippen LogP contribution >= 0.6 is 0 Å². The number of hydrogen-bond donors (Lipinski definition) is 0. The molecule has 1 aliphatic rings. The Hall–Kier alpha value is -2.28. The molecule has 3 aromatic rings. The summed E-state index contributed by atoms with van der Waals surface area (Å²) in [4.78, 5) is 0. The summed E-state index contributed by atoms with van der Waals surface area (Å²) in [5.74, 6) is 0.960. The van der Waals surface area contributed by atoms with Crippen LogP contribution in [0.5, 0.6) is 5.75 Å². The summed E-state index contributed by atoms with van der Waals surface area (Å²) in [5.41, 5.74) is 7.13. The van der Waals surface area contributed by atoms with Crippen molar-refractivity contribution < 1.29 is 4.74 Å². The van der Waals surface area contributed by atoms with Gasteiger partial charge in [-0.05, 0) is 63.8 Å². The maximum absolute atomic E-state index is 5.79. The number of fused-ring (bicyclic) bond motifs is 2. The Labute approximate surface area is 150 Å². The van der Waals surface area contributed by atoms with E-state index in [1.54, 1.807) is 7.11 Å². The fourth-order valence-electron chi connectivity index (χ4n) is 4.15. The summed E-state index contributed by atoms with van der Waals surface area (Å²) in [5, 5.41) is 2.53. The molecule has 3 aromatic carbocycles. The molecule has 0 spiro atoms. The zero-order valence-corrected chi connectivity index (χ0v) is 15.6. The van der Waals surface area contributed by atoms with Crippen LogP contribution in [0.15, 0.2) is 48.5 Å². The molecule has 0 saturated carbocycles. The van der Waals surface area contributed by atoms with Gasteiger partial charge >= 0.3 is 0 Å². The molecule has 25 heavy (non-hydrogen) atoms. The zero-order valence-electron chi connectivity index (χ0n) is 15.6. The Morgan fingerprint density at radius 3 is 2.32 bits per heavy atom. The Kier molecular flexibility index (Phi) is 3.83. The van der Waals surface area contributed by atoms with E-state index in [-0.39, 0.29) is 5.41 Å². The Morgan fingerprint density at radius 1 is 0.880 bits per heavy atom. The van der Waals surface area contributed by atoms with Crippen LogP contribution in [-0.2, 0) is 18.3 Å². The van der Waals surface area contributed by atoms with Gasteiger partial charge in [0.25, 0.3) is 0 Å². The fourth-order valence-corrected chi connectivity index (χ4v) is 4.15. The number of rotatable bonds is 2. The molecule has 0 fully saturated rings.